The van der Waals surface area contributed by atoms with Crippen molar-refractivity contribution < 1.29 is 33.3 Å². The highest BCUT2D eigenvalue weighted by atomic mass is 16.6. The molecule has 9 heteroatoms. The van der Waals surface area contributed by atoms with Crippen LogP contribution in [0.25, 0.3) is 12.2 Å². The van der Waals surface area contributed by atoms with Crippen LogP contribution in [0.5, 0.6) is 23.0 Å². The second kappa shape index (κ2) is 14.9. The molecule has 2 aromatic carbocycles. The highest BCUT2D eigenvalue weighted by Gasteiger charge is 2.12. The maximum Gasteiger partial charge on any atom is 0.336 e. The summed E-state index contributed by atoms with van der Waals surface area (Å²) in [6.45, 7) is 3.21. The molecule has 0 unspecified atom stereocenters. The first kappa shape index (κ1) is 28.0. The Bertz CT molecular complexity index is 1150. The lowest BCUT2D eigenvalue weighted by Crippen LogP contribution is -2.27. The van der Waals surface area contributed by atoms with Crippen molar-refractivity contribution in [3.8, 4) is 29.1 Å². The largest absolute Gasteiger partial charge is 0.493 e. The average Bonchev–Trinajstić information content (AvgIpc) is 2.90. The van der Waals surface area contributed by atoms with E-state index in [0.29, 0.717) is 30.3 Å². The van der Waals surface area contributed by atoms with Gasteiger partial charge in [-0.25, -0.2) is 4.79 Å². The number of nitriles is 1. The summed E-state index contributed by atoms with van der Waals surface area (Å²) in [5.41, 5.74) is 1.17. The van der Waals surface area contributed by atoms with Gasteiger partial charge in [0.1, 0.15) is 11.6 Å². The minimum atomic E-state index is -0.614. The molecule has 0 radical (unpaired) electrons. The van der Waals surface area contributed by atoms with E-state index in [-0.39, 0.29) is 23.6 Å². The predicted octanol–water partition coefficient (Wildman–Crippen LogP) is 3.78. The van der Waals surface area contributed by atoms with E-state index >= 15 is 0 Å². The Hall–Kier alpha value is -4.29. The number of benzene rings is 2. The van der Waals surface area contributed by atoms with Crippen LogP contribution in [-0.2, 0) is 14.3 Å². The summed E-state index contributed by atoms with van der Waals surface area (Å²) in [5.74, 6) is 0.515. The second-order valence-corrected chi connectivity index (χ2v) is 7.34. The Kier molecular flexibility index (Phi) is 11.5. The van der Waals surface area contributed by atoms with Crippen molar-refractivity contribution in [2.24, 2.45) is 0 Å². The van der Waals surface area contributed by atoms with Crippen molar-refractivity contribution in [3.05, 3.63) is 59.2 Å². The molecule has 0 saturated carbocycles. The zero-order valence-electron chi connectivity index (χ0n) is 20.8. The van der Waals surface area contributed by atoms with Crippen LogP contribution in [0, 0.1) is 11.3 Å². The fourth-order valence-electron chi connectivity index (χ4n) is 2.96. The van der Waals surface area contributed by atoms with Crippen molar-refractivity contribution >= 4 is 24.0 Å². The van der Waals surface area contributed by atoms with E-state index in [1.807, 2.05) is 13.0 Å². The van der Waals surface area contributed by atoms with Gasteiger partial charge in [0.25, 0.3) is 5.91 Å². The first-order valence-corrected chi connectivity index (χ1v) is 11.2. The van der Waals surface area contributed by atoms with E-state index in [0.717, 1.165) is 12.0 Å². The number of carbonyl (C=O) groups excluding carboxylic acids is 2. The number of nitrogens with one attached hydrogen (secondary N) is 1. The lowest BCUT2D eigenvalue weighted by Gasteiger charge is -2.10. The summed E-state index contributed by atoms with van der Waals surface area (Å²) >= 11 is 0. The molecule has 36 heavy (non-hydrogen) atoms. The third-order valence-electron chi connectivity index (χ3n) is 4.73. The molecule has 1 amide bonds. The van der Waals surface area contributed by atoms with Gasteiger partial charge in [0, 0.05) is 19.7 Å². The van der Waals surface area contributed by atoms with Gasteiger partial charge in [-0.3, -0.25) is 4.79 Å². The fourth-order valence-corrected chi connectivity index (χ4v) is 2.96. The van der Waals surface area contributed by atoms with E-state index in [2.05, 4.69) is 5.32 Å². The van der Waals surface area contributed by atoms with Crippen molar-refractivity contribution in [1.82, 2.24) is 5.32 Å². The first-order valence-electron chi connectivity index (χ1n) is 11.2. The van der Waals surface area contributed by atoms with Crippen LogP contribution < -0.4 is 24.3 Å². The van der Waals surface area contributed by atoms with Crippen LogP contribution in [0.15, 0.2) is 48.0 Å². The average molecular weight is 495 g/mol. The molecular weight excluding hydrogens is 464 g/mol. The summed E-state index contributed by atoms with van der Waals surface area (Å²) in [7, 11) is 4.49. The Balaban J connectivity index is 2.11. The number of carbonyl (C=O) groups is 2. The molecule has 0 heterocycles. The molecule has 0 atom stereocenters. The second-order valence-electron chi connectivity index (χ2n) is 7.34. The molecule has 0 fully saturated rings. The van der Waals surface area contributed by atoms with Gasteiger partial charge < -0.3 is 29.0 Å². The minimum Gasteiger partial charge on any atom is -0.493 e. The van der Waals surface area contributed by atoms with Gasteiger partial charge in [-0.1, -0.05) is 19.1 Å². The van der Waals surface area contributed by atoms with E-state index in [1.165, 1.54) is 32.4 Å². The SMILES string of the molecule is CCCOc1ccc(/C=C/C(=O)Oc2ccc(/C=C(\C#N)C(=O)NCCOC)cc2OC)cc1OC. The van der Waals surface area contributed by atoms with E-state index in [4.69, 9.17) is 23.7 Å². The van der Waals surface area contributed by atoms with Gasteiger partial charge in [0.2, 0.25) is 0 Å². The van der Waals surface area contributed by atoms with Crippen LogP contribution in [0.4, 0.5) is 0 Å². The molecule has 0 aromatic heterocycles. The number of esters is 1. The first-order chi connectivity index (χ1) is 17.4. The van der Waals surface area contributed by atoms with Gasteiger partial charge in [0.15, 0.2) is 23.0 Å². The number of ether oxygens (including phenoxy) is 5. The summed E-state index contributed by atoms with van der Waals surface area (Å²) in [6.07, 6.45) is 5.17. The summed E-state index contributed by atoms with van der Waals surface area (Å²) < 4.78 is 26.6. The number of nitrogens with zero attached hydrogens (tertiary/aromatic N) is 1. The van der Waals surface area contributed by atoms with Gasteiger partial charge in [-0.15, -0.1) is 0 Å². The Morgan fingerprint density at radius 2 is 1.61 bits per heavy atom. The maximum absolute atomic E-state index is 12.4. The Morgan fingerprint density at radius 1 is 0.944 bits per heavy atom. The topological polar surface area (TPSA) is 116 Å². The summed E-state index contributed by atoms with van der Waals surface area (Å²) in [4.78, 5) is 24.5. The Labute approximate surface area is 210 Å². The molecule has 0 spiro atoms. The normalized spacial score (nSPS) is 11.0. The van der Waals surface area contributed by atoms with Crippen LogP contribution in [0.3, 0.4) is 0 Å². The molecule has 0 saturated heterocycles. The summed E-state index contributed by atoms with van der Waals surface area (Å²) in [6, 6.07) is 11.9. The van der Waals surface area contributed by atoms with Crippen molar-refractivity contribution in [2.75, 3.05) is 41.1 Å². The predicted molar refractivity (Wildman–Crippen MR) is 135 cm³/mol. The lowest BCUT2D eigenvalue weighted by atomic mass is 10.1. The molecule has 0 bridgehead atoms. The quantitative estimate of drug-likeness (QED) is 0.147. The minimum absolute atomic E-state index is 0.0811. The van der Waals surface area contributed by atoms with Crippen LogP contribution in [0.2, 0.25) is 0 Å². The molecule has 9 nitrogen and oxygen atoms in total. The molecular formula is C27H30N2O7. The van der Waals surface area contributed by atoms with Crippen LogP contribution in [0.1, 0.15) is 24.5 Å². The third kappa shape index (κ3) is 8.49. The molecule has 0 aliphatic rings. The van der Waals surface area contributed by atoms with Crippen molar-refractivity contribution in [1.29, 1.82) is 5.26 Å². The van der Waals surface area contributed by atoms with Crippen molar-refractivity contribution in [2.45, 2.75) is 13.3 Å². The monoisotopic (exact) mass is 494 g/mol. The van der Waals surface area contributed by atoms with Crippen LogP contribution in [-0.4, -0.2) is 53.0 Å². The molecule has 0 aliphatic heterocycles. The molecule has 190 valence electrons. The van der Waals surface area contributed by atoms with Crippen molar-refractivity contribution in [3.63, 3.8) is 0 Å². The number of rotatable bonds is 13. The maximum atomic E-state index is 12.4. The van der Waals surface area contributed by atoms with E-state index in [9.17, 15) is 14.9 Å². The van der Waals surface area contributed by atoms with Gasteiger partial charge in [-0.05, 0) is 54.0 Å². The standard InChI is InChI=1S/C27H30N2O7/c1-5-13-35-22-9-6-19(16-24(22)33-3)8-11-26(30)36-23-10-7-20(17-25(23)34-4)15-21(18-28)27(31)29-12-14-32-2/h6-11,15-17H,5,12-14H2,1-4H3,(H,29,31)/b11-8+,21-15+. The smallest absolute Gasteiger partial charge is 0.336 e. The number of methoxy groups -OCH3 is 3. The van der Waals surface area contributed by atoms with Gasteiger partial charge in [0.05, 0.1) is 27.4 Å². The zero-order valence-corrected chi connectivity index (χ0v) is 20.8. The molecule has 2 rings (SSSR count). The molecule has 0 aliphatic carbocycles. The van der Waals surface area contributed by atoms with Gasteiger partial charge >= 0.3 is 5.97 Å². The third-order valence-corrected chi connectivity index (χ3v) is 4.73. The van der Waals surface area contributed by atoms with E-state index in [1.54, 1.807) is 43.5 Å². The highest BCUT2D eigenvalue weighted by Crippen LogP contribution is 2.30. The summed E-state index contributed by atoms with van der Waals surface area (Å²) in [5, 5.41) is 11.9. The number of hydrogen-bond acceptors (Lipinski definition) is 8. The zero-order chi connectivity index (χ0) is 26.3. The molecule has 2 aromatic rings. The van der Waals surface area contributed by atoms with Crippen LogP contribution >= 0.6 is 0 Å². The lowest BCUT2D eigenvalue weighted by molar-refractivity contribution is -0.129. The van der Waals surface area contributed by atoms with Gasteiger partial charge in [-0.2, -0.15) is 5.26 Å². The highest BCUT2D eigenvalue weighted by molar-refractivity contribution is 6.01. The fraction of sp³-hybridized carbons (Fsp3) is 0.296. The Morgan fingerprint density at radius 3 is 2.28 bits per heavy atom. The molecule has 1 N–H and O–H groups in total. The van der Waals surface area contributed by atoms with E-state index < -0.39 is 11.9 Å². The number of hydrogen-bond donors (Lipinski definition) is 1. The number of amides is 1.